The minimum Gasteiger partial charge on any atom is -0.497 e. The Kier molecular flexibility index (Phi) is 10.7. The third kappa shape index (κ3) is 9.21. The minimum atomic E-state index is -4.47. The SMILES string of the molecule is COc1ccc2c(O[C@@H]3C[C@H]4C(=O)N[C@]5(C(=O)NS(=O)(=O)OC6(C)CC6)C[C@H]5/C=C\CCCCC[C@H](NC(=O)OC(C)(C)C)C(=O)N4C3)nccc2c1. The summed E-state index contributed by atoms with van der Waals surface area (Å²) < 4.78 is 50.2. The van der Waals surface area contributed by atoms with Crippen molar-refractivity contribution >= 4 is 44.9 Å². The molecule has 4 aliphatic rings. The molecule has 3 fully saturated rings. The van der Waals surface area contributed by atoms with Gasteiger partial charge in [0, 0.05) is 23.9 Å². The molecule has 1 aromatic carbocycles. The predicted octanol–water partition coefficient (Wildman–Crippen LogP) is 3.81. The summed E-state index contributed by atoms with van der Waals surface area (Å²) in [6.07, 6.45) is 8.23. The second-order valence-electron chi connectivity index (χ2n) is 15.6. The number of methoxy groups -OCH3 is 1. The van der Waals surface area contributed by atoms with Crippen LogP contribution in [0.15, 0.2) is 42.6 Å². The van der Waals surface area contributed by atoms with Crippen LogP contribution in [0.25, 0.3) is 10.8 Å². The fourth-order valence-corrected chi connectivity index (χ4v) is 8.02. The van der Waals surface area contributed by atoms with Crippen molar-refractivity contribution in [2.45, 2.75) is 120 Å². The standard InChI is InChI=1S/C37H49N5O10S/c1-35(2,3)51-34(46)39-28-12-10-8-6-7-9-11-24-21-37(24,33(45)41-53(47,48)52-36(4)16-17-36)40-30(43)29-20-26(22-42(29)32(28)44)50-31-27-14-13-25(49-5)19-23(27)15-18-38-31/h9,11,13-15,18-19,24,26,28-29H,6-8,10,12,16-17,20-22H2,1-5H3,(H,39,46)(H,40,43)(H,41,45)/b11-9-/t24-,26-,28+,29+,37-/m1/s1. The molecule has 288 valence electrons. The highest BCUT2D eigenvalue weighted by atomic mass is 32.2. The smallest absolute Gasteiger partial charge is 0.408 e. The van der Waals surface area contributed by atoms with Crippen LogP contribution >= 0.6 is 0 Å². The lowest BCUT2D eigenvalue weighted by Crippen LogP contribution is -2.58. The molecule has 3 N–H and O–H groups in total. The molecule has 5 atom stereocenters. The molecule has 4 amide bonds. The number of hydrogen-bond acceptors (Lipinski definition) is 11. The zero-order chi connectivity index (χ0) is 38.2. The zero-order valence-corrected chi connectivity index (χ0v) is 31.6. The molecule has 2 aromatic rings. The number of alkyl carbamates (subject to hydrolysis) is 1. The van der Waals surface area contributed by atoms with Crippen LogP contribution < -0.4 is 24.8 Å². The third-order valence-electron chi connectivity index (χ3n) is 10.0. The Morgan fingerprint density at radius 3 is 2.58 bits per heavy atom. The highest BCUT2D eigenvalue weighted by Crippen LogP contribution is 2.46. The fraction of sp³-hybridized carbons (Fsp3) is 0.595. The highest BCUT2D eigenvalue weighted by molar-refractivity contribution is 7.85. The van der Waals surface area contributed by atoms with Crippen LogP contribution in [0.3, 0.4) is 0 Å². The number of carbonyl (C=O) groups excluding carboxylic acids is 4. The van der Waals surface area contributed by atoms with Crippen LogP contribution in [0.5, 0.6) is 11.6 Å². The highest BCUT2D eigenvalue weighted by Gasteiger charge is 2.62. The van der Waals surface area contributed by atoms with Crippen molar-refractivity contribution in [3.8, 4) is 11.6 Å². The largest absolute Gasteiger partial charge is 0.497 e. The molecule has 1 aromatic heterocycles. The number of nitrogens with one attached hydrogen (secondary N) is 3. The lowest BCUT2D eigenvalue weighted by molar-refractivity contribution is -0.141. The third-order valence-corrected chi connectivity index (χ3v) is 11.1. The Morgan fingerprint density at radius 1 is 1.09 bits per heavy atom. The van der Waals surface area contributed by atoms with Gasteiger partial charge >= 0.3 is 16.4 Å². The van der Waals surface area contributed by atoms with Gasteiger partial charge in [-0.3, -0.25) is 14.4 Å². The lowest BCUT2D eigenvalue weighted by atomic mass is 10.0. The van der Waals surface area contributed by atoms with Crippen molar-refractivity contribution in [1.82, 2.24) is 25.2 Å². The normalized spacial score (nSPS) is 27.9. The van der Waals surface area contributed by atoms with E-state index in [4.69, 9.17) is 18.4 Å². The molecular formula is C37H49N5O10S. The van der Waals surface area contributed by atoms with Crippen LogP contribution in [-0.2, 0) is 33.6 Å². The number of amides is 4. The molecule has 16 heteroatoms. The zero-order valence-electron chi connectivity index (χ0n) is 30.8. The summed E-state index contributed by atoms with van der Waals surface area (Å²) in [4.78, 5) is 61.3. The van der Waals surface area contributed by atoms with E-state index in [-0.39, 0.29) is 19.4 Å². The molecule has 0 bridgehead atoms. The van der Waals surface area contributed by atoms with Crippen LogP contribution in [0, 0.1) is 5.92 Å². The lowest BCUT2D eigenvalue weighted by Gasteiger charge is -2.30. The summed E-state index contributed by atoms with van der Waals surface area (Å²) in [6, 6.07) is 5.10. The first-order valence-electron chi connectivity index (χ1n) is 18.2. The van der Waals surface area contributed by atoms with E-state index in [0.29, 0.717) is 49.1 Å². The van der Waals surface area contributed by atoms with E-state index in [2.05, 4.69) is 15.6 Å². The predicted molar refractivity (Wildman–Crippen MR) is 193 cm³/mol. The van der Waals surface area contributed by atoms with E-state index in [9.17, 15) is 27.6 Å². The van der Waals surface area contributed by atoms with Gasteiger partial charge in [0.1, 0.15) is 35.1 Å². The van der Waals surface area contributed by atoms with E-state index in [1.54, 1.807) is 47.1 Å². The van der Waals surface area contributed by atoms with Crippen molar-refractivity contribution in [3.05, 3.63) is 42.6 Å². The van der Waals surface area contributed by atoms with Crippen molar-refractivity contribution in [2.75, 3.05) is 13.7 Å². The number of carbonyl (C=O) groups is 4. The van der Waals surface area contributed by atoms with E-state index >= 15 is 0 Å². The summed E-state index contributed by atoms with van der Waals surface area (Å²) in [5.41, 5.74) is -3.27. The number of allylic oxidation sites excluding steroid dienone is 1. The van der Waals surface area contributed by atoms with Gasteiger partial charge in [-0.15, -0.1) is 0 Å². The number of benzene rings is 1. The van der Waals surface area contributed by atoms with Crippen LogP contribution in [-0.4, -0.2) is 90.7 Å². The summed E-state index contributed by atoms with van der Waals surface area (Å²) in [6.45, 7) is 6.78. The molecule has 1 saturated heterocycles. The fourth-order valence-electron chi connectivity index (χ4n) is 6.87. The number of pyridine rings is 1. The second kappa shape index (κ2) is 14.8. The van der Waals surface area contributed by atoms with Gasteiger partial charge in [-0.25, -0.2) is 18.7 Å². The topological polar surface area (TPSA) is 192 Å². The number of rotatable bonds is 8. The van der Waals surface area contributed by atoms with Gasteiger partial charge in [-0.05, 0) is 95.9 Å². The molecule has 0 unspecified atom stereocenters. The molecule has 3 heterocycles. The number of nitrogens with zero attached hydrogens (tertiary/aromatic N) is 2. The van der Waals surface area contributed by atoms with Gasteiger partial charge in [0.2, 0.25) is 17.7 Å². The molecule has 2 aliphatic carbocycles. The number of hydrogen-bond donors (Lipinski definition) is 3. The Balaban J connectivity index is 1.30. The van der Waals surface area contributed by atoms with Gasteiger partial charge in [0.25, 0.3) is 5.91 Å². The maximum atomic E-state index is 14.4. The van der Waals surface area contributed by atoms with Gasteiger partial charge in [-0.1, -0.05) is 25.0 Å². The molecule has 0 spiro atoms. The van der Waals surface area contributed by atoms with Crippen LogP contribution in [0.1, 0.15) is 85.5 Å². The van der Waals surface area contributed by atoms with Crippen LogP contribution in [0.4, 0.5) is 4.79 Å². The molecule has 15 nitrogen and oxygen atoms in total. The minimum absolute atomic E-state index is 0.0268. The molecule has 2 saturated carbocycles. The average molecular weight is 756 g/mol. The first-order valence-corrected chi connectivity index (χ1v) is 19.6. The Morgan fingerprint density at radius 2 is 1.87 bits per heavy atom. The molecule has 0 radical (unpaired) electrons. The Bertz CT molecular complexity index is 1890. The molecule has 6 rings (SSSR count). The van der Waals surface area contributed by atoms with E-state index < -0.39 is 75.0 Å². The van der Waals surface area contributed by atoms with Gasteiger partial charge < -0.3 is 29.7 Å². The van der Waals surface area contributed by atoms with E-state index in [1.165, 1.54) is 4.90 Å². The van der Waals surface area contributed by atoms with Crippen molar-refractivity contribution in [3.63, 3.8) is 0 Å². The summed E-state index contributed by atoms with van der Waals surface area (Å²) in [7, 11) is -2.90. The Labute approximate surface area is 309 Å². The van der Waals surface area contributed by atoms with Crippen LogP contribution in [0.2, 0.25) is 0 Å². The van der Waals surface area contributed by atoms with Gasteiger partial charge in [-0.2, -0.15) is 8.42 Å². The summed E-state index contributed by atoms with van der Waals surface area (Å²) >= 11 is 0. The van der Waals surface area contributed by atoms with Crippen molar-refractivity contribution in [2.24, 2.45) is 5.92 Å². The van der Waals surface area contributed by atoms with Crippen molar-refractivity contribution in [1.29, 1.82) is 0 Å². The van der Waals surface area contributed by atoms with Gasteiger partial charge in [0.15, 0.2) is 0 Å². The first kappa shape index (κ1) is 38.3. The second-order valence-corrected chi connectivity index (χ2v) is 16.9. The molecular weight excluding hydrogens is 706 g/mol. The average Bonchev–Trinajstić information content (AvgIpc) is 3.93. The number of fused-ring (bicyclic) bond motifs is 3. The van der Waals surface area contributed by atoms with Gasteiger partial charge in [0.05, 0.1) is 19.3 Å². The maximum Gasteiger partial charge on any atom is 0.408 e. The first-order chi connectivity index (χ1) is 25.0. The molecule has 2 aliphatic heterocycles. The number of aromatic nitrogens is 1. The number of ether oxygens (including phenoxy) is 3. The monoisotopic (exact) mass is 755 g/mol. The summed E-state index contributed by atoms with van der Waals surface area (Å²) in [5.74, 6) is -1.63. The van der Waals surface area contributed by atoms with E-state index in [1.807, 2.05) is 35.1 Å². The summed E-state index contributed by atoms with van der Waals surface area (Å²) in [5, 5.41) is 7.07. The molecule has 53 heavy (non-hydrogen) atoms. The maximum absolute atomic E-state index is 14.4. The van der Waals surface area contributed by atoms with Crippen molar-refractivity contribution < 1.29 is 46.0 Å². The Hall–Kier alpha value is -4.44. The quantitative estimate of drug-likeness (QED) is 0.332. The van der Waals surface area contributed by atoms with E-state index in [0.717, 1.165) is 18.2 Å².